The summed E-state index contributed by atoms with van der Waals surface area (Å²) in [7, 11) is 0. The number of rotatable bonds is 2. The van der Waals surface area contributed by atoms with Gasteiger partial charge in [0.15, 0.2) is 0 Å². The molecule has 0 aromatic carbocycles. The number of aliphatic hydroxyl groups is 1. The minimum Gasteiger partial charge on any atom is -0.466 e. The summed E-state index contributed by atoms with van der Waals surface area (Å²) in [5.41, 5.74) is 2.07. The van der Waals surface area contributed by atoms with Gasteiger partial charge < -0.3 is 9.52 Å². The topological polar surface area (TPSA) is 33.4 Å². The highest BCUT2D eigenvalue weighted by molar-refractivity contribution is 5.30. The van der Waals surface area contributed by atoms with E-state index in [1.165, 1.54) is 6.42 Å². The summed E-state index contributed by atoms with van der Waals surface area (Å²) in [6.45, 7) is 3.81. The second-order valence-electron chi connectivity index (χ2n) is 3.94. The average Bonchev–Trinajstić information content (AvgIpc) is 2.73. The third-order valence-corrected chi connectivity index (χ3v) is 2.80. The monoisotopic (exact) mass is 192 g/mol. The number of furan rings is 1. The summed E-state index contributed by atoms with van der Waals surface area (Å²) in [6.07, 6.45) is 4.98. The van der Waals surface area contributed by atoms with Gasteiger partial charge in [0.1, 0.15) is 17.6 Å². The van der Waals surface area contributed by atoms with Crippen molar-refractivity contribution in [3.05, 3.63) is 34.8 Å². The molecule has 2 rings (SSSR count). The van der Waals surface area contributed by atoms with E-state index < -0.39 is 6.10 Å². The SMILES string of the molecule is Cc1cc(C(O)C2=CCCC2)c(C)o1. The third-order valence-electron chi connectivity index (χ3n) is 2.80. The molecule has 1 unspecified atom stereocenters. The molecule has 1 aliphatic carbocycles. The Morgan fingerprint density at radius 1 is 1.43 bits per heavy atom. The fourth-order valence-corrected chi connectivity index (χ4v) is 2.07. The van der Waals surface area contributed by atoms with Crippen molar-refractivity contribution in [1.82, 2.24) is 0 Å². The van der Waals surface area contributed by atoms with Crippen molar-refractivity contribution in [2.45, 2.75) is 39.2 Å². The zero-order valence-corrected chi connectivity index (χ0v) is 8.71. The van der Waals surface area contributed by atoms with Crippen molar-refractivity contribution >= 4 is 0 Å². The Balaban J connectivity index is 2.25. The lowest BCUT2D eigenvalue weighted by atomic mass is 10.0. The Bertz CT molecular complexity index is 360. The number of aliphatic hydroxyl groups excluding tert-OH is 1. The zero-order chi connectivity index (χ0) is 10.1. The molecular formula is C12H16O2. The Kier molecular flexibility index (Phi) is 2.46. The molecule has 1 aliphatic rings. The molecule has 0 amide bonds. The van der Waals surface area contributed by atoms with E-state index in [0.717, 1.165) is 35.5 Å². The van der Waals surface area contributed by atoms with Crippen LogP contribution in [0.3, 0.4) is 0 Å². The summed E-state index contributed by atoms with van der Waals surface area (Å²) >= 11 is 0. The second kappa shape index (κ2) is 3.62. The van der Waals surface area contributed by atoms with Crippen molar-refractivity contribution in [1.29, 1.82) is 0 Å². The van der Waals surface area contributed by atoms with Crippen molar-refractivity contribution in [3.63, 3.8) is 0 Å². The van der Waals surface area contributed by atoms with Crippen LogP contribution >= 0.6 is 0 Å². The van der Waals surface area contributed by atoms with E-state index in [0.29, 0.717) is 0 Å². The van der Waals surface area contributed by atoms with Gasteiger partial charge >= 0.3 is 0 Å². The summed E-state index contributed by atoms with van der Waals surface area (Å²) in [6, 6.07) is 1.93. The average molecular weight is 192 g/mol. The molecule has 76 valence electrons. The molecule has 1 aromatic heterocycles. The number of allylic oxidation sites excluding steroid dienone is 1. The number of hydrogen-bond donors (Lipinski definition) is 1. The van der Waals surface area contributed by atoms with Crippen molar-refractivity contribution in [2.75, 3.05) is 0 Å². The zero-order valence-electron chi connectivity index (χ0n) is 8.71. The van der Waals surface area contributed by atoms with Crippen LogP contribution < -0.4 is 0 Å². The lowest BCUT2D eigenvalue weighted by Gasteiger charge is -2.10. The van der Waals surface area contributed by atoms with Crippen LogP contribution in [-0.4, -0.2) is 5.11 Å². The molecule has 2 heteroatoms. The van der Waals surface area contributed by atoms with Crippen LogP contribution in [0.25, 0.3) is 0 Å². The summed E-state index contributed by atoms with van der Waals surface area (Å²) in [5.74, 6) is 1.71. The van der Waals surface area contributed by atoms with E-state index in [9.17, 15) is 5.11 Å². The van der Waals surface area contributed by atoms with Crippen LogP contribution in [-0.2, 0) is 0 Å². The molecule has 0 spiro atoms. The maximum absolute atomic E-state index is 10.1. The van der Waals surface area contributed by atoms with Crippen LogP contribution in [0, 0.1) is 13.8 Å². The Morgan fingerprint density at radius 3 is 2.71 bits per heavy atom. The molecule has 0 bridgehead atoms. The highest BCUT2D eigenvalue weighted by Gasteiger charge is 2.20. The quantitative estimate of drug-likeness (QED) is 0.730. The summed E-state index contributed by atoms with van der Waals surface area (Å²) in [5, 5.41) is 10.1. The summed E-state index contributed by atoms with van der Waals surface area (Å²) < 4.78 is 5.41. The molecule has 0 aliphatic heterocycles. The Labute approximate surface area is 84.2 Å². The van der Waals surface area contributed by atoms with E-state index in [4.69, 9.17) is 4.42 Å². The smallest absolute Gasteiger partial charge is 0.107 e. The van der Waals surface area contributed by atoms with E-state index in [1.807, 2.05) is 19.9 Å². The van der Waals surface area contributed by atoms with E-state index >= 15 is 0 Å². The highest BCUT2D eigenvalue weighted by Crippen LogP contribution is 2.33. The first-order valence-electron chi connectivity index (χ1n) is 5.12. The van der Waals surface area contributed by atoms with E-state index in [2.05, 4.69) is 6.08 Å². The van der Waals surface area contributed by atoms with Crippen LogP contribution in [0.4, 0.5) is 0 Å². The molecular weight excluding hydrogens is 176 g/mol. The lowest BCUT2D eigenvalue weighted by Crippen LogP contribution is -1.99. The summed E-state index contributed by atoms with van der Waals surface area (Å²) in [4.78, 5) is 0. The predicted octanol–water partition coefficient (Wildman–Crippen LogP) is 3.04. The van der Waals surface area contributed by atoms with E-state index in [-0.39, 0.29) is 0 Å². The van der Waals surface area contributed by atoms with Crippen LogP contribution in [0.15, 0.2) is 22.1 Å². The van der Waals surface area contributed by atoms with Crippen LogP contribution in [0.1, 0.15) is 42.5 Å². The van der Waals surface area contributed by atoms with Gasteiger partial charge in [-0.2, -0.15) is 0 Å². The number of aryl methyl sites for hydroxylation is 2. The largest absolute Gasteiger partial charge is 0.466 e. The fraction of sp³-hybridized carbons (Fsp3) is 0.500. The first kappa shape index (κ1) is 9.53. The first-order chi connectivity index (χ1) is 6.68. The third kappa shape index (κ3) is 1.62. The minimum atomic E-state index is -0.449. The van der Waals surface area contributed by atoms with Crippen molar-refractivity contribution in [2.24, 2.45) is 0 Å². The molecule has 0 saturated carbocycles. The molecule has 0 fully saturated rings. The standard InChI is InChI=1S/C12H16O2/c1-8-7-11(9(2)14-8)12(13)10-5-3-4-6-10/h5,7,12-13H,3-4,6H2,1-2H3. The molecule has 1 aromatic rings. The normalized spacial score (nSPS) is 18.4. The molecule has 0 radical (unpaired) electrons. The van der Waals surface area contributed by atoms with E-state index in [1.54, 1.807) is 0 Å². The molecule has 1 heterocycles. The van der Waals surface area contributed by atoms with Gasteiger partial charge in [-0.15, -0.1) is 0 Å². The van der Waals surface area contributed by atoms with Crippen molar-refractivity contribution < 1.29 is 9.52 Å². The second-order valence-corrected chi connectivity index (χ2v) is 3.94. The van der Waals surface area contributed by atoms with Crippen molar-refractivity contribution in [3.8, 4) is 0 Å². The van der Waals surface area contributed by atoms with Crippen LogP contribution in [0.5, 0.6) is 0 Å². The molecule has 14 heavy (non-hydrogen) atoms. The first-order valence-corrected chi connectivity index (χ1v) is 5.12. The minimum absolute atomic E-state index is 0.449. The van der Waals surface area contributed by atoms with Gasteiger partial charge in [0.25, 0.3) is 0 Å². The van der Waals surface area contributed by atoms with Gasteiger partial charge in [0.2, 0.25) is 0 Å². The molecule has 0 saturated heterocycles. The van der Waals surface area contributed by atoms with Gasteiger partial charge in [0.05, 0.1) is 0 Å². The lowest BCUT2D eigenvalue weighted by molar-refractivity contribution is 0.210. The predicted molar refractivity (Wildman–Crippen MR) is 55.1 cm³/mol. The highest BCUT2D eigenvalue weighted by atomic mass is 16.3. The van der Waals surface area contributed by atoms with Gasteiger partial charge in [-0.25, -0.2) is 0 Å². The Morgan fingerprint density at radius 2 is 2.21 bits per heavy atom. The van der Waals surface area contributed by atoms with Crippen LogP contribution in [0.2, 0.25) is 0 Å². The maximum atomic E-state index is 10.1. The van der Waals surface area contributed by atoms with Gasteiger partial charge in [0, 0.05) is 5.56 Å². The maximum Gasteiger partial charge on any atom is 0.107 e. The molecule has 2 nitrogen and oxygen atoms in total. The number of hydrogen-bond acceptors (Lipinski definition) is 2. The van der Waals surface area contributed by atoms with Gasteiger partial charge in [-0.3, -0.25) is 0 Å². The molecule has 1 atom stereocenters. The van der Waals surface area contributed by atoms with Gasteiger partial charge in [-0.1, -0.05) is 6.08 Å². The molecule has 1 N–H and O–H groups in total. The Hall–Kier alpha value is -1.02. The fourth-order valence-electron chi connectivity index (χ4n) is 2.07. The van der Waals surface area contributed by atoms with Gasteiger partial charge in [-0.05, 0) is 44.7 Å².